The van der Waals surface area contributed by atoms with E-state index in [1.165, 1.54) is 60.8 Å². The van der Waals surface area contributed by atoms with E-state index >= 15 is 0 Å². The Labute approximate surface area is 133 Å². The Hall–Kier alpha value is -0.0200. The Morgan fingerprint density at radius 3 is 2.58 bits per heavy atom. The van der Waals surface area contributed by atoms with Crippen molar-refractivity contribution in [1.82, 2.24) is 0 Å². The average Bonchev–Trinajstić information content (AvgIpc) is 3.08. The zero-order chi connectivity index (χ0) is 13.2. The molecule has 19 heavy (non-hydrogen) atoms. The van der Waals surface area contributed by atoms with Crippen molar-refractivity contribution in [3.05, 3.63) is 28.2 Å². The third kappa shape index (κ3) is 2.87. The third-order valence-corrected chi connectivity index (χ3v) is 6.00. The summed E-state index contributed by atoms with van der Waals surface area (Å²) in [6, 6.07) is 7.59. The monoisotopic (exact) mass is 385 g/mol. The Kier molecular flexibility index (Phi) is 4.53. The smallest absolute Gasteiger partial charge is 0.0513 e. The van der Waals surface area contributed by atoms with E-state index in [1.807, 2.05) is 0 Å². The largest absolute Gasteiger partial charge is 0.367 e. The van der Waals surface area contributed by atoms with E-state index in [9.17, 15) is 0 Å². The lowest BCUT2D eigenvalue weighted by atomic mass is 9.95. The highest BCUT2D eigenvalue weighted by atomic mass is 79.9. The summed E-state index contributed by atoms with van der Waals surface area (Å²) in [5.41, 5.74) is 2.74. The van der Waals surface area contributed by atoms with E-state index in [0.29, 0.717) is 0 Å². The number of hydrogen-bond donors (Lipinski definition) is 0. The highest BCUT2D eigenvalue weighted by molar-refractivity contribution is 9.10. The minimum Gasteiger partial charge on any atom is -0.367 e. The van der Waals surface area contributed by atoms with Crippen LogP contribution in [0.2, 0.25) is 0 Å². The van der Waals surface area contributed by atoms with Gasteiger partial charge in [-0.1, -0.05) is 34.8 Å². The van der Waals surface area contributed by atoms with E-state index < -0.39 is 0 Å². The van der Waals surface area contributed by atoms with Crippen LogP contribution in [-0.2, 0) is 5.33 Å². The lowest BCUT2D eigenvalue weighted by molar-refractivity contribution is 0.430. The van der Waals surface area contributed by atoms with Crippen molar-refractivity contribution in [1.29, 1.82) is 0 Å². The summed E-state index contributed by atoms with van der Waals surface area (Å²) >= 11 is 7.30. The molecular weight excluding hydrogens is 366 g/mol. The Morgan fingerprint density at radius 1 is 1.11 bits per heavy atom. The van der Waals surface area contributed by atoms with Gasteiger partial charge in [-0.05, 0) is 65.2 Å². The van der Waals surface area contributed by atoms with Crippen LogP contribution in [-0.4, -0.2) is 12.6 Å². The van der Waals surface area contributed by atoms with Crippen LogP contribution >= 0.6 is 31.9 Å². The second-order valence-corrected chi connectivity index (χ2v) is 7.28. The Bertz CT molecular complexity index is 440. The number of rotatable bonds is 3. The van der Waals surface area contributed by atoms with Crippen LogP contribution in [0.25, 0.3) is 0 Å². The molecule has 1 heterocycles. The van der Waals surface area contributed by atoms with Crippen molar-refractivity contribution in [2.45, 2.75) is 49.9 Å². The lowest BCUT2D eigenvalue weighted by Gasteiger charge is -2.32. The van der Waals surface area contributed by atoms with Crippen LogP contribution in [0.3, 0.4) is 0 Å². The van der Waals surface area contributed by atoms with Crippen LogP contribution in [0, 0.1) is 5.92 Å². The molecule has 1 aromatic rings. The molecule has 0 radical (unpaired) electrons. The van der Waals surface area contributed by atoms with Gasteiger partial charge in [-0.25, -0.2) is 0 Å². The molecule has 1 atom stereocenters. The molecule has 1 saturated heterocycles. The van der Waals surface area contributed by atoms with Crippen molar-refractivity contribution in [3.8, 4) is 0 Å². The fourth-order valence-corrected chi connectivity index (χ4v) is 4.79. The lowest BCUT2D eigenvalue weighted by Crippen LogP contribution is -2.34. The summed E-state index contributed by atoms with van der Waals surface area (Å²) < 4.78 is 1.26. The molecule has 1 aliphatic carbocycles. The average molecular weight is 387 g/mol. The first-order valence-corrected chi connectivity index (χ1v) is 9.32. The van der Waals surface area contributed by atoms with Crippen molar-refractivity contribution in [2.24, 2.45) is 5.92 Å². The number of halogens is 2. The van der Waals surface area contributed by atoms with Crippen molar-refractivity contribution >= 4 is 37.5 Å². The van der Waals surface area contributed by atoms with E-state index in [-0.39, 0.29) is 0 Å². The van der Waals surface area contributed by atoms with Crippen molar-refractivity contribution in [2.75, 3.05) is 11.4 Å². The molecule has 3 rings (SSSR count). The molecule has 1 nitrogen and oxygen atoms in total. The number of benzene rings is 1. The van der Waals surface area contributed by atoms with Gasteiger partial charge in [-0.15, -0.1) is 0 Å². The van der Waals surface area contributed by atoms with Crippen molar-refractivity contribution < 1.29 is 0 Å². The SMILES string of the molecule is BrCc1ccc(N2CCCC2C2CCCC2)c(Br)c1. The molecule has 0 aromatic heterocycles. The molecule has 0 N–H and O–H groups in total. The molecule has 3 heteroatoms. The third-order valence-electron chi connectivity index (χ3n) is 4.72. The molecule has 2 fully saturated rings. The van der Waals surface area contributed by atoms with E-state index in [2.05, 4.69) is 55.0 Å². The Balaban J connectivity index is 1.83. The van der Waals surface area contributed by atoms with Crippen LogP contribution in [0.1, 0.15) is 44.1 Å². The molecule has 1 aliphatic heterocycles. The minimum atomic E-state index is 0.786. The first kappa shape index (κ1) is 13.9. The molecule has 0 bridgehead atoms. The fraction of sp³-hybridized carbons (Fsp3) is 0.625. The first-order valence-electron chi connectivity index (χ1n) is 7.40. The Morgan fingerprint density at radius 2 is 1.89 bits per heavy atom. The predicted molar refractivity (Wildman–Crippen MR) is 89.1 cm³/mol. The molecule has 0 amide bonds. The number of hydrogen-bond acceptors (Lipinski definition) is 1. The zero-order valence-electron chi connectivity index (χ0n) is 11.2. The molecule has 104 valence electrons. The number of anilines is 1. The van der Waals surface area contributed by atoms with Gasteiger partial charge in [0.25, 0.3) is 0 Å². The molecule has 1 aromatic carbocycles. The van der Waals surface area contributed by atoms with Crippen LogP contribution in [0.4, 0.5) is 5.69 Å². The predicted octanol–water partition coefficient (Wildman–Crippen LogP) is 5.50. The topological polar surface area (TPSA) is 3.24 Å². The second kappa shape index (κ2) is 6.17. The summed E-state index contributed by atoms with van der Waals surface area (Å²) in [6.07, 6.45) is 8.51. The molecule has 2 aliphatic rings. The van der Waals surface area contributed by atoms with Gasteiger partial charge in [-0.3, -0.25) is 0 Å². The van der Waals surface area contributed by atoms with Crippen molar-refractivity contribution in [3.63, 3.8) is 0 Å². The highest BCUT2D eigenvalue weighted by Gasteiger charge is 2.33. The maximum absolute atomic E-state index is 3.77. The summed E-state index contributed by atoms with van der Waals surface area (Å²) in [7, 11) is 0. The van der Waals surface area contributed by atoms with E-state index in [0.717, 1.165) is 17.3 Å². The maximum Gasteiger partial charge on any atom is 0.0513 e. The molecule has 0 spiro atoms. The maximum atomic E-state index is 3.77. The van der Waals surface area contributed by atoms with Crippen LogP contribution in [0.5, 0.6) is 0 Å². The quantitative estimate of drug-likeness (QED) is 0.619. The number of alkyl halides is 1. The van der Waals surface area contributed by atoms with Gasteiger partial charge < -0.3 is 4.90 Å². The van der Waals surface area contributed by atoms with E-state index in [1.54, 1.807) is 0 Å². The minimum absolute atomic E-state index is 0.786. The van der Waals surface area contributed by atoms with E-state index in [4.69, 9.17) is 0 Å². The summed E-state index contributed by atoms with van der Waals surface area (Å²) in [5, 5.41) is 0.929. The summed E-state index contributed by atoms with van der Waals surface area (Å²) in [6.45, 7) is 1.23. The first-order chi connectivity index (χ1) is 9.29. The standard InChI is InChI=1S/C16H21Br2N/c17-11-12-7-8-16(14(18)10-12)19-9-3-6-15(19)13-4-1-2-5-13/h7-8,10,13,15H,1-6,9,11H2. The van der Waals surface area contributed by atoms with Gasteiger partial charge in [0.15, 0.2) is 0 Å². The highest BCUT2D eigenvalue weighted by Crippen LogP contribution is 2.40. The number of nitrogens with zero attached hydrogens (tertiary/aromatic N) is 1. The van der Waals surface area contributed by atoms with Gasteiger partial charge >= 0.3 is 0 Å². The van der Waals surface area contributed by atoms with Crippen LogP contribution < -0.4 is 4.90 Å². The molecule has 1 unspecified atom stereocenters. The van der Waals surface area contributed by atoms with Gasteiger partial charge in [0.2, 0.25) is 0 Å². The zero-order valence-corrected chi connectivity index (χ0v) is 14.4. The molecule has 1 saturated carbocycles. The fourth-order valence-electron chi connectivity index (χ4n) is 3.79. The van der Waals surface area contributed by atoms with Gasteiger partial charge in [0.05, 0.1) is 5.69 Å². The van der Waals surface area contributed by atoms with Gasteiger partial charge in [0, 0.05) is 22.4 Å². The van der Waals surface area contributed by atoms with Crippen LogP contribution in [0.15, 0.2) is 22.7 Å². The molecular formula is C16H21Br2N. The second-order valence-electron chi connectivity index (χ2n) is 5.87. The summed E-state index contributed by atoms with van der Waals surface area (Å²) in [5.74, 6) is 0.935. The normalized spacial score (nSPS) is 24.3. The van der Waals surface area contributed by atoms with Gasteiger partial charge in [0.1, 0.15) is 0 Å². The van der Waals surface area contributed by atoms with Gasteiger partial charge in [-0.2, -0.15) is 0 Å². The summed E-state index contributed by atoms with van der Waals surface area (Å²) in [4.78, 5) is 2.66.